The van der Waals surface area contributed by atoms with E-state index < -0.39 is 0 Å². The minimum atomic E-state index is -0.0159. The van der Waals surface area contributed by atoms with E-state index >= 15 is 0 Å². The molecule has 0 amide bonds. The Kier molecular flexibility index (Phi) is 2.46. The summed E-state index contributed by atoms with van der Waals surface area (Å²) in [7, 11) is 0. The molecule has 0 spiro atoms. The van der Waals surface area contributed by atoms with Crippen LogP contribution in [0.25, 0.3) is 0 Å². The lowest BCUT2D eigenvalue weighted by Crippen LogP contribution is -2.40. The zero-order valence-electron chi connectivity index (χ0n) is 6.96. The maximum atomic E-state index is 5.50. The van der Waals surface area contributed by atoms with Crippen LogP contribution in [0, 0.1) is 0 Å². The Morgan fingerprint density at radius 3 is 2.82 bits per heavy atom. The van der Waals surface area contributed by atoms with Crippen molar-refractivity contribution in [3.8, 4) is 0 Å². The third-order valence-electron chi connectivity index (χ3n) is 1.43. The molecule has 0 aromatic rings. The van der Waals surface area contributed by atoms with Gasteiger partial charge in [0, 0.05) is 6.42 Å². The van der Waals surface area contributed by atoms with Crippen LogP contribution >= 0.6 is 0 Å². The maximum Gasteiger partial charge on any atom is 0.196 e. The summed E-state index contributed by atoms with van der Waals surface area (Å²) >= 11 is 0. The van der Waals surface area contributed by atoms with Crippen molar-refractivity contribution < 1.29 is 0 Å². The number of nitrogens with zero attached hydrogens (tertiary/aromatic N) is 2. The minimum absolute atomic E-state index is 0.0159. The quantitative estimate of drug-likeness (QED) is 0.606. The molecule has 4 nitrogen and oxygen atoms in total. The highest BCUT2D eigenvalue weighted by molar-refractivity contribution is 6.00. The van der Waals surface area contributed by atoms with Gasteiger partial charge in [0.25, 0.3) is 0 Å². The molecule has 1 heterocycles. The number of hydrogen-bond donors (Lipinski definition) is 2. The van der Waals surface area contributed by atoms with Gasteiger partial charge >= 0.3 is 0 Å². The van der Waals surface area contributed by atoms with E-state index in [4.69, 9.17) is 5.73 Å². The van der Waals surface area contributed by atoms with Crippen LogP contribution in [0.15, 0.2) is 9.98 Å². The molecule has 0 saturated carbocycles. The first kappa shape index (κ1) is 8.04. The molecule has 0 bridgehead atoms. The molecule has 0 aromatic heterocycles. The fourth-order valence-corrected chi connectivity index (χ4v) is 1.03. The number of aliphatic imine (C=N–C) groups is 2. The fourth-order valence-electron chi connectivity index (χ4n) is 1.03. The van der Waals surface area contributed by atoms with E-state index in [-0.39, 0.29) is 6.17 Å². The number of nitrogens with one attached hydrogen (secondary N) is 1. The van der Waals surface area contributed by atoms with Crippen LogP contribution in [0.2, 0.25) is 0 Å². The first-order valence-corrected chi connectivity index (χ1v) is 3.89. The van der Waals surface area contributed by atoms with Gasteiger partial charge in [0.1, 0.15) is 12.0 Å². The molecular weight excluding hydrogens is 140 g/mol. The normalized spacial score (nSPS) is 23.6. The van der Waals surface area contributed by atoms with Gasteiger partial charge < -0.3 is 11.1 Å². The molecule has 62 valence electrons. The monoisotopic (exact) mass is 154 g/mol. The summed E-state index contributed by atoms with van der Waals surface area (Å²) in [5.74, 6) is 1.43. The lowest BCUT2D eigenvalue weighted by molar-refractivity contribution is 0.753. The van der Waals surface area contributed by atoms with Crippen molar-refractivity contribution in [3.63, 3.8) is 0 Å². The van der Waals surface area contributed by atoms with Gasteiger partial charge in [-0.05, 0) is 13.3 Å². The van der Waals surface area contributed by atoms with Crippen molar-refractivity contribution in [2.45, 2.75) is 32.9 Å². The first-order valence-electron chi connectivity index (χ1n) is 3.89. The highest BCUT2D eigenvalue weighted by atomic mass is 15.2. The van der Waals surface area contributed by atoms with E-state index in [9.17, 15) is 0 Å². The van der Waals surface area contributed by atoms with Crippen LogP contribution in [0.4, 0.5) is 0 Å². The molecule has 1 aliphatic heterocycles. The fraction of sp³-hybridized carbons (Fsp3) is 0.714. The molecule has 1 aliphatic rings. The topological polar surface area (TPSA) is 62.8 Å². The highest BCUT2D eigenvalue weighted by Crippen LogP contribution is 2.00. The second kappa shape index (κ2) is 3.37. The molecule has 3 N–H and O–H groups in total. The van der Waals surface area contributed by atoms with E-state index in [1.807, 2.05) is 6.92 Å². The minimum Gasteiger partial charge on any atom is -0.370 e. The second-order valence-corrected chi connectivity index (χ2v) is 2.60. The van der Waals surface area contributed by atoms with Crippen LogP contribution < -0.4 is 11.1 Å². The summed E-state index contributed by atoms with van der Waals surface area (Å²) in [5.41, 5.74) is 5.50. The zero-order chi connectivity index (χ0) is 8.27. The number of nitrogens with two attached hydrogens (primary N) is 1. The van der Waals surface area contributed by atoms with Crippen molar-refractivity contribution in [2.75, 3.05) is 0 Å². The molecule has 0 fully saturated rings. The Morgan fingerprint density at radius 1 is 1.55 bits per heavy atom. The number of guanidine groups is 1. The summed E-state index contributed by atoms with van der Waals surface area (Å²) in [5, 5.41) is 2.93. The average Bonchev–Trinajstić information content (AvgIpc) is 1.85. The SMILES string of the molecule is CCCC1=NC(C)N=C(N)N1. The zero-order valence-corrected chi connectivity index (χ0v) is 6.96. The van der Waals surface area contributed by atoms with E-state index in [2.05, 4.69) is 22.2 Å². The van der Waals surface area contributed by atoms with Crippen LogP contribution in [0.3, 0.4) is 0 Å². The van der Waals surface area contributed by atoms with E-state index in [0.29, 0.717) is 5.96 Å². The van der Waals surface area contributed by atoms with Gasteiger partial charge in [-0.3, -0.25) is 0 Å². The maximum absolute atomic E-state index is 5.50. The number of rotatable bonds is 2. The summed E-state index contributed by atoms with van der Waals surface area (Å²) in [6.07, 6.45) is 2.00. The van der Waals surface area contributed by atoms with Gasteiger partial charge in [0.2, 0.25) is 0 Å². The average molecular weight is 154 g/mol. The summed E-state index contributed by atoms with van der Waals surface area (Å²) in [6.45, 7) is 4.03. The molecule has 4 heteroatoms. The third kappa shape index (κ3) is 2.22. The molecule has 1 rings (SSSR count). The van der Waals surface area contributed by atoms with Crippen LogP contribution in [0.5, 0.6) is 0 Å². The van der Waals surface area contributed by atoms with Crippen molar-refractivity contribution in [1.82, 2.24) is 5.32 Å². The lowest BCUT2D eigenvalue weighted by atomic mass is 10.3. The summed E-state index contributed by atoms with van der Waals surface area (Å²) in [6, 6.07) is 0. The lowest BCUT2D eigenvalue weighted by Gasteiger charge is -2.15. The molecular formula is C7H14N4. The Balaban J connectivity index is 2.56. The van der Waals surface area contributed by atoms with Gasteiger partial charge in [-0.25, -0.2) is 9.98 Å². The van der Waals surface area contributed by atoms with Crippen LogP contribution in [-0.4, -0.2) is 18.0 Å². The molecule has 0 saturated heterocycles. The summed E-state index contributed by atoms with van der Waals surface area (Å²) < 4.78 is 0. The van der Waals surface area contributed by atoms with Gasteiger partial charge in [-0.2, -0.15) is 0 Å². The summed E-state index contributed by atoms with van der Waals surface area (Å²) in [4.78, 5) is 8.27. The Bertz CT molecular complexity index is 195. The molecule has 1 unspecified atom stereocenters. The molecule has 1 atom stereocenters. The predicted molar refractivity (Wildman–Crippen MR) is 46.6 cm³/mol. The van der Waals surface area contributed by atoms with Gasteiger partial charge in [-0.15, -0.1) is 0 Å². The smallest absolute Gasteiger partial charge is 0.196 e. The Labute approximate surface area is 66.6 Å². The van der Waals surface area contributed by atoms with Gasteiger partial charge in [0.15, 0.2) is 5.96 Å². The standard InChI is InChI=1S/C7H14N4/c1-3-4-6-9-5(2)10-7(8)11-6/h5H,3-4H2,1-2H3,(H3,8,9,10,11). The van der Waals surface area contributed by atoms with E-state index in [1.54, 1.807) is 0 Å². The van der Waals surface area contributed by atoms with Crippen molar-refractivity contribution in [1.29, 1.82) is 0 Å². The molecule has 11 heavy (non-hydrogen) atoms. The number of hydrogen-bond acceptors (Lipinski definition) is 4. The second-order valence-electron chi connectivity index (χ2n) is 2.60. The van der Waals surface area contributed by atoms with Gasteiger partial charge in [-0.1, -0.05) is 6.92 Å². The Morgan fingerprint density at radius 2 is 2.27 bits per heavy atom. The van der Waals surface area contributed by atoms with E-state index in [1.165, 1.54) is 0 Å². The van der Waals surface area contributed by atoms with Gasteiger partial charge in [0.05, 0.1) is 0 Å². The highest BCUT2D eigenvalue weighted by Gasteiger charge is 2.08. The predicted octanol–water partition coefficient (Wildman–Crippen LogP) is 0.449. The number of amidine groups is 1. The Hall–Kier alpha value is -1.06. The van der Waals surface area contributed by atoms with Crippen LogP contribution in [-0.2, 0) is 0 Å². The molecule has 0 radical (unpaired) electrons. The van der Waals surface area contributed by atoms with Crippen molar-refractivity contribution >= 4 is 11.8 Å². The first-order chi connectivity index (χ1) is 5.22. The third-order valence-corrected chi connectivity index (χ3v) is 1.43. The van der Waals surface area contributed by atoms with Crippen molar-refractivity contribution in [2.24, 2.45) is 15.7 Å². The van der Waals surface area contributed by atoms with Crippen molar-refractivity contribution in [3.05, 3.63) is 0 Å². The van der Waals surface area contributed by atoms with E-state index in [0.717, 1.165) is 18.7 Å². The van der Waals surface area contributed by atoms with Crippen LogP contribution in [0.1, 0.15) is 26.7 Å². The molecule has 0 aromatic carbocycles. The molecule has 0 aliphatic carbocycles. The largest absolute Gasteiger partial charge is 0.370 e.